The first-order valence-corrected chi connectivity index (χ1v) is 7.23. The number of halogens is 1. The fourth-order valence-corrected chi connectivity index (χ4v) is 3.33. The first-order chi connectivity index (χ1) is 7.75. The summed E-state index contributed by atoms with van der Waals surface area (Å²) >= 11 is 5.04. The topological polar surface area (TPSA) is 35.5 Å². The Morgan fingerprint density at radius 3 is 2.81 bits per heavy atom. The number of piperazine rings is 1. The average Bonchev–Trinajstić information content (AvgIpc) is 2.74. The van der Waals surface area contributed by atoms with Gasteiger partial charge in [0.2, 0.25) is 0 Å². The third-order valence-electron chi connectivity index (χ3n) is 2.85. The quantitative estimate of drug-likeness (QED) is 0.891. The third-order valence-corrected chi connectivity index (χ3v) is 4.58. The largest absolute Gasteiger partial charge is 0.388 e. The Balaban J connectivity index is 1.76. The monoisotopic (exact) mass is 304 g/mol. The normalized spacial score (nSPS) is 19.9. The average molecular weight is 305 g/mol. The summed E-state index contributed by atoms with van der Waals surface area (Å²) in [5.74, 6) is 0. The van der Waals surface area contributed by atoms with Gasteiger partial charge < -0.3 is 15.3 Å². The number of hydrogen-bond donors (Lipinski definition) is 2. The van der Waals surface area contributed by atoms with Crippen molar-refractivity contribution in [2.24, 2.45) is 0 Å². The van der Waals surface area contributed by atoms with E-state index in [1.807, 2.05) is 12.1 Å². The van der Waals surface area contributed by atoms with E-state index in [9.17, 15) is 5.11 Å². The van der Waals surface area contributed by atoms with Gasteiger partial charge in [0, 0.05) is 37.6 Å². The Morgan fingerprint density at radius 1 is 1.44 bits per heavy atom. The van der Waals surface area contributed by atoms with Gasteiger partial charge in [-0.1, -0.05) is 0 Å². The van der Waals surface area contributed by atoms with Crippen molar-refractivity contribution < 1.29 is 5.11 Å². The minimum Gasteiger partial charge on any atom is -0.388 e. The second-order valence-electron chi connectivity index (χ2n) is 4.04. The van der Waals surface area contributed by atoms with Gasteiger partial charge >= 0.3 is 0 Å². The summed E-state index contributed by atoms with van der Waals surface area (Å²) in [6, 6.07) is 3.99. The molecule has 0 spiro atoms. The highest BCUT2D eigenvalue weighted by atomic mass is 79.9. The zero-order valence-corrected chi connectivity index (χ0v) is 11.6. The zero-order chi connectivity index (χ0) is 11.4. The molecule has 16 heavy (non-hydrogen) atoms. The maximum atomic E-state index is 10.0. The summed E-state index contributed by atoms with van der Waals surface area (Å²) in [6.45, 7) is 5.32. The molecular weight excluding hydrogens is 288 g/mol. The number of hydrogen-bond acceptors (Lipinski definition) is 4. The molecule has 0 aromatic carbocycles. The number of nitrogens with one attached hydrogen (secondary N) is 1. The molecule has 1 fully saturated rings. The molecule has 3 nitrogen and oxygen atoms in total. The van der Waals surface area contributed by atoms with Gasteiger partial charge in [-0.2, -0.15) is 0 Å². The molecule has 1 aromatic rings. The van der Waals surface area contributed by atoms with Crippen molar-refractivity contribution in [3.8, 4) is 0 Å². The highest BCUT2D eigenvalue weighted by molar-refractivity contribution is 9.11. The van der Waals surface area contributed by atoms with Crippen LogP contribution in [0.1, 0.15) is 17.4 Å². The lowest BCUT2D eigenvalue weighted by atomic mass is 10.2. The molecule has 5 heteroatoms. The van der Waals surface area contributed by atoms with Crippen molar-refractivity contribution in [1.82, 2.24) is 10.2 Å². The van der Waals surface area contributed by atoms with Crippen molar-refractivity contribution in [2.75, 3.05) is 32.7 Å². The minimum atomic E-state index is -0.314. The van der Waals surface area contributed by atoms with Crippen LogP contribution < -0.4 is 5.32 Å². The molecule has 1 unspecified atom stereocenters. The first kappa shape index (κ1) is 12.5. The molecule has 1 saturated heterocycles. The fourth-order valence-electron chi connectivity index (χ4n) is 1.89. The maximum Gasteiger partial charge on any atom is 0.0894 e. The van der Waals surface area contributed by atoms with Gasteiger partial charge in [-0.15, -0.1) is 11.3 Å². The molecule has 1 aliphatic heterocycles. The molecule has 0 amide bonds. The van der Waals surface area contributed by atoms with Crippen molar-refractivity contribution >= 4 is 27.3 Å². The first-order valence-electron chi connectivity index (χ1n) is 5.62. The van der Waals surface area contributed by atoms with Crippen LogP contribution >= 0.6 is 27.3 Å². The Labute approximate surface area is 109 Å². The molecule has 1 aromatic heterocycles. The molecular formula is C11H17BrN2OS. The highest BCUT2D eigenvalue weighted by Gasteiger charge is 2.14. The van der Waals surface area contributed by atoms with E-state index in [0.29, 0.717) is 0 Å². The van der Waals surface area contributed by atoms with Gasteiger partial charge in [-0.05, 0) is 34.5 Å². The van der Waals surface area contributed by atoms with Crippen molar-refractivity contribution in [3.05, 3.63) is 20.8 Å². The Bertz CT molecular complexity index is 326. The third kappa shape index (κ3) is 3.53. The van der Waals surface area contributed by atoms with Crippen LogP contribution in [0.3, 0.4) is 0 Å². The lowest BCUT2D eigenvalue weighted by Gasteiger charge is -2.27. The van der Waals surface area contributed by atoms with Crippen LogP contribution in [0.25, 0.3) is 0 Å². The minimum absolute atomic E-state index is 0.314. The Morgan fingerprint density at radius 2 is 2.19 bits per heavy atom. The predicted octanol–water partition coefficient (Wildman–Crippen LogP) is 1.84. The van der Waals surface area contributed by atoms with Crippen LogP contribution in [-0.4, -0.2) is 42.7 Å². The molecule has 1 aliphatic rings. The predicted molar refractivity (Wildman–Crippen MR) is 70.9 cm³/mol. The second kappa shape index (κ2) is 6.12. The molecule has 0 radical (unpaired) electrons. The Kier molecular flexibility index (Phi) is 4.79. The van der Waals surface area contributed by atoms with Crippen molar-refractivity contribution in [1.29, 1.82) is 0 Å². The van der Waals surface area contributed by atoms with Crippen molar-refractivity contribution in [2.45, 2.75) is 12.5 Å². The van der Waals surface area contributed by atoms with E-state index >= 15 is 0 Å². The summed E-state index contributed by atoms with van der Waals surface area (Å²) in [7, 11) is 0. The van der Waals surface area contributed by atoms with E-state index in [0.717, 1.165) is 47.8 Å². The summed E-state index contributed by atoms with van der Waals surface area (Å²) < 4.78 is 1.09. The van der Waals surface area contributed by atoms with E-state index in [-0.39, 0.29) is 6.10 Å². The SMILES string of the molecule is OC(CCN1CCNCC1)c1ccc(Br)s1. The van der Waals surface area contributed by atoms with E-state index in [1.165, 1.54) is 0 Å². The van der Waals surface area contributed by atoms with E-state index in [1.54, 1.807) is 11.3 Å². The van der Waals surface area contributed by atoms with Crippen molar-refractivity contribution in [3.63, 3.8) is 0 Å². The summed E-state index contributed by atoms with van der Waals surface area (Å²) in [6.07, 6.45) is 0.513. The van der Waals surface area contributed by atoms with Gasteiger partial charge in [0.15, 0.2) is 0 Å². The van der Waals surface area contributed by atoms with Gasteiger partial charge in [0.25, 0.3) is 0 Å². The van der Waals surface area contributed by atoms with E-state index in [2.05, 4.69) is 26.1 Å². The van der Waals surface area contributed by atoms with Crippen LogP contribution in [0, 0.1) is 0 Å². The van der Waals surface area contributed by atoms with Gasteiger partial charge in [-0.3, -0.25) is 0 Å². The molecule has 0 aliphatic carbocycles. The van der Waals surface area contributed by atoms with Gasteiger partial charge in [0.05, 0.1) is 9.89 Å². The van der Waals surface area contributed by atoms with Crippen LogP contribution in [0.15, 0.2) is 15.9 Å². The van der Waals surface area contributed by atoms with E-state index in [4.69, 9.17) is 0 Å². The summed E-state index contributed by atoms with van der Waals surface area (Å²) in [5, 5.41) is 13.3. The zero-order valence-electron chi connectivity index (χ0n) is 9.16. The fraction of sp³-hybridized carbons (Fsp3) is 0.636. The number of aliphatic hydroxyl groups is 1. The molecule has 2 heterocycles. The lowest BCUT2D eigenvalue weighted by Crippen LogP contribution is -2.43. The molecule has 90 valence electrons. The second-order valence-corrected chi connectivity index (χ2v) is 6.53. The van der Waals surface area contributed by atoms with Gasteiger partial charge in [0.1, 0.15) is 0 Å². The maximum absolute atomic E-state index is 10.0. The van der Waals surface area contributed by atoms with Gasteiger partial charge in [-0.25, -0.2) is 0 Å². The summed E-state index contributed by atoms with van der Waals surface area (Å²) in [5.41, 5.74) is 0. The van der Waals surface area contributed by atoms with Crippen LogP contribution in [0.5, 0.6) is 0 Å². The van der Waals surface area contributed by atoms with E-state index < -0.39 is 0 Å². The lowest BCUT2D eigenvalue weighted by molar-refractivity contribution is 0.139. The molecule has 1 atom stereocenters. The molecule has 0 saturated carbocycles. The molecule has 0 bridgehead atoms. The number of rotatable bonds is 4. The van der Waals surface area contributed by atoms with Crippen LogP contribution in [-0.2, 0) is 0 Å². The van der Waals surface area contributed by atoms with Crippen LogP contribution in [0.4, 0.5) is 0 Å². The number of aliphatic hydroxyl groups excluding tert-OH is 1. The van der Waals surface area contributed by atoms with Crippen LogP contribution in [0.2, 0.25) is 0 Å². The molecule has 2 rings (SSSR count). The number of nitrogens with zero attached hydrogens (tertiary/aromatic N) is 1. The smallest absolute Gasteiger partial charge is 0.0894 e. The number of thiophene rings is 1. The standard InChI is InChI=1S/C11H17BrN2OS/c12-11-2-1-10(16-11)9(15)3-6-14-7-4-13-5-8-14/h1-2,9,13,15H,3-8H2. The highest BCUT2D eigenvalue weighted by Crippen LogP contribution is 2.28. The Hall–Kier alpha value is 0.0600. The summed E-state index contributed by atoms with van der Waals surface area (Å²) in [4.78, 5) is 3.46. The molecule has 2 N–H and O–H groups in total.